The van der Waals surface area contributed by atoms with Crippen molar-refractivity contribution in [3.05, 3.63) is 23.4 Å². The first kappa shape index (κ1) is 16.7. The Balaban J connectivity index is 3.15. The molecule has 1 aromatic rings. The third-order valence-electron chi connectivity index (χ3n) is 2.92. The Labute approximate surface area is 116 Å². The van der Waals surface area contributed by atoms with E-state index in [-0.39, 0.29) is 25.5 Å². The van der Waals surface area contributed by atoms with E-state index in [9.17, 15) is 13.2 Å². The Hall–Kier alpha value is -1.34. The number of nitrogens with two attached hydrogens (primary N) is 1. The molecule has 4 nitrogen and oxygen atoms in total. The molecular weight excluding hydrogens is 271 g/mol. The third-order valence-corrected chi connectivity index (χ3v) is 2.92. The van der Waals surface area contributed by atoms with E-state index in [1.807, 2.05) is 6.92 Å². The number of anilines is 1. The van der Waals surface area contributed by atoms with Gasteiger partial charge in [-0.25, -0.2) is 4.98 Å². The number of pyridine rings is 1. The Bertz CT molecular complexity index is 424. The molecule has 3 N–H and O–H groups in total. The highest BCUT2D eigenvalue weighted by atomic mass is 19.4. The molecule has 0 saturated carbocycles. The number of hydrogen-bond donors (Lipinski definition) is 2. The Kier molecular flexibility index (Phi) is 6.22. The van der Waals surface area contributed by atoms with Gasteiger partial charge in [-0.2, -0.15) is 13.2 Å². The molecule has 114 valence electrons. The fourth-order valence-electron chi connectivity index (χ4n) is 1.86. The second kappa shape index (κ2) is 7.44. The molecule has 0 aliphatic heterocycles. The summed E-state index contributed by atoms with van der Waals surface area (Å²) in [6.07, 6.45) is -2.78. The van der Waals surface area contributed by atoms with Crippen molar-refractivity contribution in [3.63, 3.8) is 0 Å². The number of unbranched alkanes of at least 4 members (excludes halogenated alkanes) is 1. The molecule has 1 heterocycles. The van der Waals surface area contributed by atoms with Crippen LogP contribution in [0.4, 0.5) is 19.0 Å². The predicted molar refractivity (Wildman–Crippen MR) is 71.3 cm³/mol. The topological polar surface area (TPSA) is 62.4 Å². The van der Waals surface area contributed by atoms with Crippen LogP contribution < -0.4 is 10.6 Å². The monoisotopic (exact) mass is 291 g/mol. The maximum Gasteiger partial charge on any atom is 0.433 e. The molecule has 0 atom stereocenters. The zero-order chi connectivity index (χ0) is 15.2. The van der Waals surface area contributed by atoms with Gasteiger partial charge in [0.05, 0.1) is 6.61 Å². The highest BCUT2D eigenvalue weighted by Crippen LogP contribution is 2.30. The fraction of sp³-hybridized carbons (Fsp3) is 0.615. The van der Waals surface area contributed by atoms with E-state index in [4.69, 9.17) is 10.8 Å². The zero-order valence-electron chi connectivity index (χ0n) is 11.5. The minimum atomic E-state index is -4.49. The summed E-state index contributed by atoms with van der Waals surface area (Å²) in [6, 6.07) is 2.28. The number of nitrogens with zero attached hydrogens (tertiary/aromatic N) is 2. The van der Waals surface area contributed by atoms with Crippen LogP contribution in [0.25, 0.3) is 0 Å². The van der Waals surface area contributed by atoms with E-state index >= 15 is 0 Å². The average molecular weight is 291 g/mol. The lowest BCUT2D eigenvalue weighted by Crippen LogP contribution is -2.30. The smallest absolute Gasteiger partial charge is 0.395 e. The van der Waals surface area contributed by atoms with Gasteiger partial charge in [-0.15, -0.1) is 0 Å². The highest BCUT2D eigenvalue weighted by Gasteiger charge is 2.33. The van der Waals surface area contributed by atoms with Crippen LogP contribution in [0.1, 0.15) is 31.0 Å². The summed E-state index contributed by atoms with van der Waals surface area (Å²) in [5.74, 6) is 0.213. The van der Waals surface area contributed by atoms with Crippen LogP contribution in [0.5, 0.6) is 0 Å². The molecule has 0 unspecified atom stereocenters. The van der Waals surface area contributed by atoms with Gasteiger partial charge in [-0.1, -0.05) is 19.4 Å². The quantitative estimate of drug-likeness (QED) is 0.808. The molecule has 1 rings (SSSR count). The van der Waals surface area contributed by atoms with Gasteiger partial charge in [0.25, 0.3) is 0 Å². The summed E-state index contributed by atoms with van der Waals surface area (Å²) in [4.78, 5) is 5.35. The molecule has 0 bridgehead atoms. The number of halogens is 3. The van der Waals surface area contributed by atoms with E-state index in [1.165, 1.54) is 6.07 Å². The lowest BCUT2D eigenvalue weighted by molar-refractivity contribution is -0.141. The molecule has 0 amide bonds. The summed E-state index contributed by atoms with van der Waals surface area (Å²) in [7, 11) is 0. The van der Waals surface area contributed by atoms with Gasteiger partial charge in [-0.05, 0) is 12.5 Å². The van der Waals surface area contributed by atoms with Gasteiger partial charge in [-0.3, -0.25) is 0 Å². The van der Waals surface area contributed by atoms with Crippen LogP contribution in [0.15, 0.2) is 12.1 Å². The molecule has 7 heteroatoms. The molecule has 20 heavy (non-hydrogen) atoms. The van der Waals surface area contributed by atoms with Crippen molar-refractivity contribution in [1.29, 1.82) is 0 Å². The largest absolute Gasteiger partial charge is 0.433 e. The Morgan fingerprint density at radius 2 is 2.00 bits per heavy atom. The van der Waals surface area contributed by atoms with Crippen molar-refractivity contribution in [2.24, 2.45) is 5.73 Å². The Morgan fingerprint density at radius 1 is 1.30 bits per heavy atom. The molecular formula is C13H20F3N3O. The first-order chi connectivity index (χ1) is 9.43. The highest BCUT2D eigenvalue weighted by molar-refractivity contribution is 5.48. The molecule has 1 aromatic heterocycles. The van der Waals surface area contributed by atoms with E-state index in [0.29, 0.717) is 12.1 Å². The predicted octanol–water partition coefficient (Wildman–Crippen LogP) is 2.16. The zero-order valence-corrected chi connectivity index (χ0v) is 11.5. The van der Waals surface area contributed by atoms with Crippen molar-refractivity contribution in [2.45, 2.75) is 32.5 Å². The third kappa shape index (κ3) is 4.35. The van der Waals surface area contributed by atoms with Crippen LogP contribution in [-0.2, 0) is 12.7 Å². The van der Waals surface area contributed by atoms with Crippen LogP contribution in [0.3, 0.4) is 0 Å². The lowest BCUT2D eigenvalue weighted by Gasteiger charge is -2.25. The number of aromatic nitrogens is 1. The van der Waals surface area contributed by atoms with Gasteiger partial charge < -0.3 is 15.7 Å². The SMILES string of the molecule is CCCCN(CCO)c1nc(C(F)(F)F)ccc1CN. The summed E-state index contributed by atoms with van der Waals surface area (Å²) < 4.78 is 38.2. The summed E-state index contributed by atoms with van der Waals surface area (Å²) in [6.45, 7) is 2.72. The maximum atomic E-state index is 12.7. The fourth-order valence-corrected chi connectivity index (χ4v) is 1.86. The molecule has 0 radical (unpaired) electrons. The Morgan fingerprint density at radius 3 is 2.50 bits per heavy atom. The molecule has 0 aliphatic rings. The minimum absolute atomic E-state index is 0.106. The second-order valence-electron chi connectivity index (χ2n) is 4.45. The standard InChI is InChI=1S/C13H20F3N3O/c1-2-3-6-19(7-8-20)12-10(9-17)4-5-11(18-12)13(14,15)16/h4-5,20H,2-3,6-9,17H2,1H3. The number of alkyl halides is 3. The second-order valence-corrected chi connectivity index (χ2v) is 4.45. The van der Waals surface area contributed by atoms with E-state index in [2.05, 4.69) is 4.98 Å². The van der Waals surface area contributed by atoms with Crippen LogP contribution in [-0.4, -0.2) is 29.8 Å². The van der Waals surface area contributed by atoms with E-state index in [0.717, 1.165) is 18.9 Å². The lowest BCUT2D eigenvalue weighted by atomic mass is 10.2. The van der Waals surface area contributed by atoms with Gasteiger partial charge in [0.2, 0.25) is 0 Å². The van der Waals surface area contributed by atoms with Gasteiger partial charge >= 0.3 is 6.18 Å². The normalized spacial score (nSPS) is 11.7. The summed E-state index contributed by atoms with van der Waals surface area (Å²) in [5.41, 5.74) is 5.17. The van der Waals surface area contributed by atoms with Crippen molar-refractivity contribution < 1.29 is 18.3 Å². The molecule has 0 spiro atoms. The number of aliphatic hydroxyl groups is 1. The van der Waals surface area contributed by atoms with E-state index < -0.39 is 11.9 Å². The molecule has 0 aromatic carbocycles. The van der Waals surface area contributed by atoms with Crippen LogP contribution in [0, 0.1) is 0 Å². The summed E-state index contributed by atoms with van der Waals surface area (Å²) in [5, 5.41) is 9.07. The average Bonchev–Trinajstić information content (AvgIpc) is 2.41. The first-order valence-corrected chi connectivity index (χ1v) is 6.57. The van der Waals surface area contributed by atoms with Crippen molar-refractivity contribution in [1.82, 2.24) is 4.98 Å². The number of aliphatic hydroxyl groups excluding tert-OH is 1. The van der Waals surface area contributed by atoms with Gasteiger partial charge in [0.15, 0.2) is 0 Å². The van der Waals surface area contributed by atoms with Crippen molar-refractivity contribution in [2.75, 3.05) is 24.6 Å². The summed E-state index contributed by atoms with van der Waals surface area (Å²) >= 11 is 0. The minimum Gasteiger partial charge on any atom is -0.395 e. The molecule has 0 saturated heterocycles. The molecule has 0 fully saturated rings. The molecule has 0 aliphatic carbocycles. The van der Waals surface area contributed by atoms with Crippen LogP contribution >= 0.6 is 0 Å². The number of rotatable bonds is 7. The van der Waals surface area contributed by atoms with Crippen LogP contribution in [0.2, 0.25) is 0 Å². The van der Waals surface area contributed by atoms with Crippen molar-refractivity contribution >= 4 is 5.82 Å². The van der Waals surface area contributed by atoms with Gasteiger partial charge in [0.1, 0.15) is 11.5 Å². The maximum absolute atomic E-state index is 12.7. The number of hydrogen-bond acceptors (Lipinski definition) is 4. The van der Waals surface area contributed by atoms with Crippen molar-refractivity contribution in [3.8, 4) is 0 Å². The first-order valence-electron chi connectivity index (χ1n) is 6.57. The van der Waals surface area contributed by atoms with Gasteiger partial charge in [0, 0.05) is 25.2 Å². The van der Waals surface area contributed by atoms with E-state index in [1.54, 1.807) is 4.90 Å².